The topological polar surface area (TPSA) is 88.4 Å². The molecule has 0 fully saturated rings. The molecule has 0 saturated carbocycles. The normalized spacial score (nSPS) is 17.8. The number of hydrogen-bond donors (Lipinski definition) is 1. The molecule has 2 aliphatic rings. The third-order valence-corrected chi connectivity index (χ3v) is 7.98. The number of carbonyl (C=O) groups excluding carboxylic acids is 2. The summed E-state index contributed by atoms with van der Waals surface area (Å²) in [5.41, 5.74) is 3.29. The Bertz CT molecular complexity index is 1300. The number of aliphatic imine (C=N–C) groups is 1. The summed E-state index contributed by atoms with van der Waals surface area (Å²) in [6.45, 7) is 6.28. The molecule has 0 radical (unpaired) electrons. The number of phenols is 1. The Morgan fingerprint density at radius 3 is 2.31 bits per heavy atom. The molecule has 224 valence electrons. The summed E-state index contributed by atoms with van der Waals surface area (Å²) in [5.74, 6) is -0.398. The van der Waals surface area contributed by atoms with Crippen molar-refractivity contribution < 1.29 is 24.2 Å². The number of unbranched alkanes of at least 4 members (excludes halogenated alkanes) is 2. The van der Waals surface area contributed by atoms with Crippen molar-refractivity contribution in [2.75, 3.05) is 26.3 Å². The quantitative estimate of drug-likeness (QED) is 0.191. The number of fused-ring (bicyclic) bond motifs is 1. The Kier molecular flexibility index (Phi) is 11.5. The number of nitrogens with zero attached hydrogens (tertiary/aromatic N) is 2. The van der Waals surface area contributed by atoms with Crippen molar-refractivity contribution >= 4 is 17.7 Å². The Balaban J connectivity index is 1.57. The molecule has 0 spiro atoms. The fraction of sp³-hybridized carbons (Fsp3) is 0.457. The van der Waals surface area contributed by atoms with Gasteiger partial charge in [0.25, 0.3) is 0 Å². The van der Waals surface area contributed by atoms with Gasteiger partial charge in [-0.25, -0.2) is 9.59 Å². The maximum Gasteiger partial charge on any atom is 0.356 e. The van der Waals surface area contributed by atoms with Crippen molar-refractivity contribution in [1.82, 2.24) is 4.90 Å². The zero-order valence-electron chi connectivity index (χ0n) is 25.0. The van der Waals surface area contributed by atoms with Gasteiger partial charge in [0.2, 0.25) is 0 Å². The molecule has 1 aliphatic heterocycles. The first-order valence-corrected chi connectivity index (χ1v) is 15.4. The molecule has 2 aromatic carbocycles. The minimum absolute atomic E-state index is 0.281. The zero-order chi connectivity index (χ0) is 29.8. The van der Waals surface area contributed by atoms with Crippen LogP contribution in [-0.2, 0) is 27.1 Å². The maximum atomic E-state index is 13.0. The van der Waals surface area contributed by atoms with E-state index in [1.807, 2.05) is 48.5 Å². The molecule has 0 amide bonds. The van der Waals surface area contributed by atoms with Crippen LogP contribution in [0.3, 0.4) is 0 Å². The van der Waals surface area contributed by atoms with Gasteiger partial charge in [0.05, 0.1) is 18.8 Å². The van der Waals surface area contributed by atoms with Gasteiger partial charge in [-0.2, -0.15) is 0 Å². The number of dihydropyridines is 1. The second kappa shape index (κ2) is 15.5. The van der Waals surface area contributed by atoms with E-state index >= 15 is 0 Å². The van der Waals surface area contributed by atoms with Gasteiger partial charge in [-0.05, 0) is 85.9 Å². The number of benzene rings is 2. The zero-order valence-corrected chi connectivity index (χ0v) is 25.0. The number of phenolic OH excluding ortho intramolecular Hbond substituents is 1. The van der Waals surface area contributed by atoms with E-state index in [0.717, 1.165) is 68.1 Å². The highest BCUT2D eigenvalue weighted by atomic mass is 16.5. The molecule has 7 heteroatoms. The molecule has 2 aromatic rings. The molecule has 1 N–H and O–H groups in total. The van der Waals surface area contributed by atoms with Crippen LogP contribution in [0.1, 0.15) is 80.3 Å². The molecule has 1 aliphatic carbocycles. The van der Waals surface area contributed by atoms with E-state index in [4.69, 9.17) is 14.5 Å². The van der Waals surface area contributed by atoms with Gasteiger partial charge in [-0.15, -0.1) is 0 Å². The van der Waals surface area contributed by atoms with Crippen LogP contribution in [0.5, 0.6) is 5.75 Å². The number of aromatic hydroxyl groups is 1. The molecule has 42 heavy (non-hydrogen) atoms. The summed E-state index contributed by atoms with van der Waals surface area (Å²) in [6.07, 6.45) is 13.7. The summed E-state index contributed by atoms with van der Waals surface area (Å²) in [7, 11) is 0. The standard InChI is InChI=1S/C35H44N2O5/c1-3-5-25-41-33(39)29-16-14-27(15-17-29)20-23-37(24-21-28-11-7-8-13-32(28)38)35-22-10-9-12-30(35)18-19-31(36-35)34(40)42-26-6-4-2/h7-8,11-19,38H,3-6,9-10,20-26H2,1-2H3/t35-/m1/s1. The molecular formula is C35H44N2O5. The van der Waals surface area contributed by atoms with Gasteiger partial charge < -0.3 is 14.6 Å². The molecule has 1 heterocycles. The third kappa shape index (κ3) is 7.97. The number of hydrogen-bond acceptors (Lipinski definition) is 7. The largest absolute Gasteiger partial charge is 0.508 e. The maximum absolute atomic E-state index is 13.0. The van der Waals surface area contributed by atoms with Crippen molar-refractivity contribution in [3.8, 4) is 5.75 Å². The third-order valence-electron chi connectivity index (χ3n) is 7.98. The first-order valence-electron chi connectivity index (χ1n) is 15.4. The lowest BCUT2D eigenvalue weighted by Gasteiger charge is -2.45. The van der Waals surface area contributed by atoms with E-state index in [0.29, 0.717) is 44.0 Å². The highest BCUT2D eigenvalue weighted by molar-refractivity contribution is 6.41. The van der Waals surface area contributed by atoms with Crippen LogP contribution in [0, 0.1) is 0 Å². The predicted octanol–water partition coefficient (Wildman–Crippen LogP) is 6.60. The fourth-order valence-electron chi connectivity index (χ4n) is 5.47. The van der Waals surface area contributed by atoms with E-state index < -0.39 is 5.66 Å². The fourth-order valence-corrected chi connectivity index (χ4v) is 5.47. The summed E-state index contributed by atoms with van der Waals surface area (Å²) in [4.78, 5) is 32.8. The Labute approximate surface area is 249 Å². The number of ether oxygens (including phenoxy) is 2. The van der Waals surface area contributed by atoms with Gasteiger partial charge in [-0.1, -0.05) is 69.2 Å². The highest BCUT2D eigenvalue weighted by Crippen LogP contribution is 2.40. The minimum atomic E-state index is -0.681. The van der Waals surface area contributed by atoms with Crippen LogP contribution in [0.4, 0.5) is 0 Å². The number of esters is 2. The average Bonchev–Trinajstić information content (AvgIpc) is 3.01. The highest BCUT2D eigenvalue weighted by Gasteiger charge is 2.42. The van der Waals surface area contributed by atoms with Crippen LogP contribution in [-0.4, -0.2) is 59.6 Å². The molecule has 0 aromatic heterocycles. The molecule has 0 bridgehead atoms. The van der Waals surface area contributed by atoms with Crippen molar-refractivity contribution in [3.05, 3.63) is 89.0 Å². The van der Waals surface area contributed by atoms with E-state index in [-0.39, 0.29) is 17.7 Å². The van der Waals surface area contributed by atoms with E-state index in [2.05, 4.69) is 24.8 Å². The SMILES string of the molecule is CCCCOC(=O)C1=N[C@@]2(N(CCc3ccc(C(=O)OCCCC)cc3)CCc3ccccc3O)CCCC=C2C=C1. The second-order valence-corrected chi connectivity index (χ2v) is 11.0. The van der Waals surface area contributed by atoms with Gasteiger partial charge in [0, 0.05) is 13.1 Å². The molecule has 0 unspecified atom stereocenters. The molecule has 0 saturated heterocycles. The number of rotatable bonds is 15. The van der Waals surface area contributed by atoms with Crippen molar-refractivity contribution in [2.24, 2.45) is 4.99 Å². The van der Waals surface area contributed by atoms with E-state index in [1.165, 1.54) is 0 Å². The Morgan fingerprint density at radius 1 is 0.905 bits per heavy atom. The van der Waals surface area contributed by atoms with E-state index in [1.54, 1.807) is 12.1 Å². The average molecular weight is 573 g/mol. The lowest BCUT2D eigenvalue weighted by molar-refractivity contribution is -0.135. The minimum Gasteiger partial charge on any atom is -0.508 e. The number of para-hydroxylation sites is 1. The monoisotopic (exact) mass is 572 g/mol. The van der Waals surface area contributed by atoms with Crippen LogP contribution in [0.2, 0.25) is 0 Å². The smallest absolute Gasteiger partial charge is 0.356 e. The first-order chi connectivity index (χ1) is 20.5. The van der Waals surface area contributed by atoms with Crippen molar-refractivity contribution in [1.29, 1.82) is 0 Å². The summed E-state index contributed by atoms with van der Waals surface area (Å²) in [5, 5.41) is 10.5. The summed E-state index contributed by atoms with van der Waals surface area (Å²) < 4.78 is 10.9. The van der Waals surface area contributed by atoms with Crippen LogP contribution >= 0.6 is 0 Å². The van der Waals surface area contributed by atoms with Gasteiger partial charge >= 0.3 is 11.9 Å². The van der Waals surface area contributed by atoms with Crippen LogP contribution in [0.15, 0.2) is 77.3 Å². The van der Waals surface area contributed by atoms with Gasteiger partial charge in [-0.3, -0.25) is 9.89 Å². The Hall–Kier alpha value is -3.71. The molecule has 1 atom stereocenters. The number of carbonyl (C=O) groups is 2. The second-order valence-electron chi connectivity index (χ2n) is 11.0. The van der Waals surface area contributed by atoms with Crippen LogP contribution in [0.25, 0.3) is 0 Å². The molecule has 7 nitrogen and oxygen atoms in total. The summed E-state index contributed by atoms with van der Waals surface area (Å²) >= 11 is 0. The van der Waals surface area contributed by atoms with Crippen molar-refractivity contribution in [2.45, 2.75) is 77.3 Å². The van der Waals surface area contributed by atoms with E-state index in [9.17, 15) is 14.7 Å². The predicted molar refractivity (Wildman–Crippen MR) is 166 cm³/mol. The number of allylic oxidation sites excluding steroid dienone is 1. The van der Waals surface area contributed by atoms with Gasteiger partial charge in [0.1, 0.15) is 17.1 Å². The Morgan fingerprint density at radius 2 is 1.60 bits per heavy atom. The first kappa shape index (κ1) is 31.2. The summed E-state index contributed by atoms with van der Waals surface area (Å²) in [6, 6.07) is 15.0. The van der Waals surface area contributed by atoms with Crippen LogP contribution < -0.4 is 0 Å². The molecular weight excluding hydrogens is 528 g/mol. The lowest BCUT2D eigenvalue weighted by atomic mass is 9.83. The molecule has 4 rings (SSSR count). The lowest BCUT2D eigenvalue weighted by Crippen LogP contribution is -2.53. The van der Waals surface area contributed by atoms with Crippen molar-refractivity contribution in [3.63, 3.8) is 0 Å². The van der Waals surface area contributed by atoms with Gasteiger partial charge in [0.15, 0.2) is 0 Å².